The molecule has 5 heteroatoms. The Balaban J connectivity index is 3.08. The molecule has 1 rings (SSSR count). The molecule has 1 unspecified atom stereocenters. The fourth-order valence-corrected chi connectivity index (χ4v) is 1.20. The van der Waals surface area contributed by atoms with Crippen molar-refractivity contribution >= 4 is 5.97 Å². The van der Waals surface area contributed by atoms with Crippen LogP contribution in [0.3, 0.4) is 0 Å². The number of benzene rings is 1. The predicted molar refractivity (Wildman–Crippen MR) is 53.8 cm³/mol. The lowest BCUT2D eigenvalue weighted by atomic mass is 10.1. The van der Waals surface area contributed by atoms with Crippen LogP contribution in [0.15, 0.2) is 18.2 Å². The van der Waals surface area contributed by atoms with Crippen LogP contribution in [0, 0.1) is 0 Å². The van der Waals surface area contributed by atoms with Crippen molar-refractivity contribution in [2.45, 2.75) is 13.0 Å². The van der Waals surface area contributed by atoms with Crippen molar-refractivity contribution < 1.29 is 19.7 Å². The number of carboxylic acids is 1. The summed E-state index contributed by atoms with van der Waals surface area (Å²) in [6.45, 7) is 2.16. The molecule has 0 amide bonds. The number of carbonyl (C=O) groups is 1. The van der Waals surface area contributed by atoms with Gasteiger partial charge in [0.15, 0.2) is 11.5 Å². The van der Waals surface area contributed by atoms with Crippen molar-refractivity contribution in [3.63, 3.8) is 0 Å². The van der Waals surface area contributed by atoms with Crippen LogP contribution in [0.4, 0.5) is 0 Å². The minimum Gasteiger partial charge on any atom is -0.504 e. The number of phenols is 1. The fourth-order valence-electron chi connectivity index (χ4n) is 1.20. The first kappa shape index (κ1) is 11.3. The summed E-state index contributed by atoms with van der Waals surface area (Å²) in [5.41, 5.74) is 5.54. The molecule has 0 radical (unpaired) electrons. The van der Waals surface area contributed by atoms with Gasteiger partial charge in [0.25, 0.3) is 0 Å². The molecular weight excluding hydrogens is 198 g/mol. The maximum absolute atomic E-state index is 10.6. The van der Waals surface area contributed by atoms with Crippen LogP contribution in [0.1, 0.15) is 18.5 Å². The number of phenolic OH excluding ortho intramolecular Hbond substituents is 1. The first-order valence-corrected chi connectivity index (χ1v) is 4.51. The smallest absolute Gasteiger partial charge is 0.325 e. The highest BCUT2D eigenvalue weighted by Crippen LogP contribution is 2.32. The van der Waals surface area contributed by atoms with E-state index in [4.69, 9.17) is 15.6 Å². The third-order valence-electron chi connectivity index (χ3n) is 1.93. The molecule has 0 aliphatic carbocycles. The van der Waals surface area contributed by atoms with E-state index >= 15 is 0 Å². The highest BCUT2D eigenvalue weighted by Gasteiger charge is 2.20. The number of ether oxygens (including phenoxy) is 1. The fraction of sp³-hybridized carbons (Fsp3) is 0.300. The molecule has 0 fully saturated rings. The van der Waals surface area contributed by atoms with Gasteiger partial charge in [-0.1, -0.05) is 12.1 Å². The van der Waals surface area contributed by atoms with Crippen LogP contribution in [0.5, 0.6) is 11.5 Å². The molecule has 5 nitrogen and oxygen atoms in total. The number of para-hydroxylation sites is 1. The Morgan fingerprint density at radius 1 is 1.60 bits per heavy atom. The van der Waals surface area contributed by atoms with Crippen molar-refractivity contribution in [1.29, 1.82) is 0 Å². The van der Waals surface area contributed by atoms with E-state index in [1.165, 1.54) is 6.07 Å². The minimum absolute atomic E-state index is 0.147. The van der Waals surface area contributed by atoms with Gasteiger partial charge in [0, 0.05) is 5.56 Å². The molecular formula is C10H13NO4. The van der Waals surface area contributed by atoms with Crippen molar-refractivity contribution in [3.05, 3.63) is 23.8 Å². The highest BCUT2D eigenvalue weighted by molar-refractivity contribution is 5.76. The van der Waals surface area contributed by atoms with E-state index in [-0.39, 0.29) is 17.1 Å². The first-order valence-electron chi connectivity index (χ1n) is 4.51. The van der Waals surface area contributed by atoms with Crippen LogP contribution in [0.25, 0.3) is 0 Å². The lowest BCUT2D eigenvalue weighted by Gasteiger charge is -2.12. The van der Waals surface area contributed by atoms with Crippen molar-refractivity contribution in [2.75, 3.05) is 6.61 Å². The molecule has 15 heavy (non-hydrogen) atoms. The standard InChI is InChI=1S/C10H13NO4/c1-2-15-7-5-3-4-6(9(7)12)8(11)10(13)14/h3-5,8,12H,2,11H2,1H3,(H,13,14). The zero-order valence-electron chi connectivity index (χ0n) is 8.30. The number of nitrogens with two attached hydrogens (primary N) is 1. The summed E-state index contributed by atoms with van der Waals surface area (Å²) in [5, 5.41) is 18.4. The number of hydrogen-bond acceptors (Lipinski definition) is 4. The molecule has 82 valence electrons. The first-order chi connectivity index (χ1) is 7.07. The lowest BCUT2D eigenvalue weighted by molar-refractivity contribution is -0.138. The van der Waals surface area contributed by atoms with E-state index in [2.05, 4.69) is 0 Å². The summed E-state index contributed by atoms with van der Waals surface area (Å²) in [5.74, 6) is -1.17. The Hall–Kier alpha value is -1.75. The van der Waals surface area contributed by atoms with Gasteiger partial charge >= 0.3 is 5.97 Å². The monoisotopic (exact) mass is 211 g/mol. The molecule has 1 atom stereocenters. The van der Waals surface area contributed by atoms with Crippen LogP contribution in [0.2, 0.25) is 0 Å². The molecule has 0 saturated heterocycles. The predicted octanol–water partition coefficient (Wildman–Crippen LogP) is 0.875. The molecule has 0 saturated carbocycles. The van der Waals surface area contributed by atoms with Crippen LogP contribution in [-0.4, -0.2) is 22.8 Å². The minimum atomic E-state index is -1.24. The maximum atomic E-state index is 10.6. The lowest BCUT2D eigenvalue weighted by Crippen LogP contribution is -2.20. The van der Waals surface area contributed by atoms with Gasteiger partial charge in [-0.25, -0.2) is 0 Å². The van der Waals surface area contributed by atoms with E-state index in [0.717, 1.165) is 0 Å². The van der Waals surface area contributed by atoms with E-state index < -0.39 is 12.0 Å². The van der Waals surface area contributed by atoms with Gasteiger partial charge < -0.3 is 20.7 Å². The summed E-state index contributed by atoms with van der Waals surface area (Å²) in [6, 6.07) is 3.35. The zero-order chi connectivity index (χ0) is 11.4. The van der Waals surface area contributed by atoms with Gasteiger partial charge in [-0.05, 0) is 13.0 Å². The van der Waals surface area contributed by atoms with Crippen molar-refractivity contribution in [2.24, 2.45) is 5.73 Å². The molecule has 4 N–H and O–H groups in total. The molecule has 0 aliphatic heterocycles. The second kappa shape index (κ2) is 4.65. The van der Waals surface area contributed by atoms with Gasteiger partial charge in [0.05, 0.1) is 6.61 Å². The van der Waals surface area contributed by atoms with Crippen molar-refractivity contribution in [3.8, 4) is 11.5 Å². The van der Waals surface area contributed by atoms with Crippen molar-refractivity contribution in [1.82, 2.24) is 0 Å². The SMILES string of the molecule is CCOc1cccc(C(N)C(=O)O)c1O. The summed E-state index contributed by atoms with van der Waals surface area (Å²) in [4.78, 5) is 10.6. The molecule has 1 aromatic rings. The Kier molecular flexibility index (Phi) is 3.51. The largest absolute Gasteiger partial charge is 0.504 e. The van der Waals surface area contributed by atoms with E-state index in [1.807, 2.05) is 0 Å². The highest BCUT2D eigenvalue weighted by atomic mass is 16.5. The Morgan fingerprint density at radius 3 is 2.80 bits per heavy atom. The van der Waals surface area contributed by atoms with Crippen LogP contribution in [-0.2, 0) is 4.79 Å². The van der Waals surface area contributed by atoms with E-state index in [0.29, 0.717) is 6.61 Å². The summed E-state index contributed by atoms with van der Waals surface area (Å²) in [6.07, 6.45) is 0. The van der Waals surface area contributed by atoms with Gasteiger partial charge in [0.2, 0.25) is 0 Å². The average Bonchev–Trinajstić information content (AvgIpc) is 2.20. The van der Waals surface area contributed by atoms with E-state index in [9.17, 15) is 9.90 Å². The van der Waals surface area contributed by atoms with Gasteiger partial charge in [-0.15, -0.1) is 0 Å². The number of hydrogen-bond donors (Lipinski definition) is 3. The summed E-state index contributed by atoms with van der Waals surface area (Å²) < 4.78 is 5.11. The second-order valence-corrected chi connectivity index (χ2v) is 2.94. The quantitative estimate of drug-likeness (QED) is 0.687. The van der Waals surface area contributed by atoms with Gasteiger partial charge in [-0.2, -0.15) is 0 Å². The van der Waals surface area contributed by atoms with E-state index in [1.54, 1.807) is 19.1 Å². The number of rotatable bonds is 4. The Labute approximate surface area is 87.1 Å². The Morgan fingerprint density at radius 2 is 2.27 bits per heavy atom. The average molecular weight is 211 g/mol. The molecule has 1 aromatic carbocycles. The molecule has 0 aliphatic rings. The van der Waals surface area contributed by atoms with Crippen LogP contribution >= 0.6 is 0 Å². The molecule has 0 heterocycles. The third-order valence-corrected chi connectivity index (χ3v) is 1.93. The summed E-state index contributed by atoms with van der Waals surface area (Å²) >= 11 is 0. The molecule has 0 aromatic heterocycles. The Bertz CT molecular complexity index is 364. The topological polar surface area (TPSA) is 92.8 Å². The van der Waals surface area contributed by atoms with Crippen LogP contribution < -0.4 is 10.5 Å². The summed E-state index contributed by atoms with van der Waals surface area (Å²) in [7, 11) is 0. The number of carboxylic acid groups (broad SMARTS) is 1. The number of aromatic hydroxyl groups is 1. The second-order valence-electron chi connectivity index (χ2n) is 2.94. The molecule has 0 spiro atoms. The third kappa shape index (κ3) is 2.38. The number of aliphatic carboxylic acids is 1. The zero-order valence-corrected chi connectivity index (χ0v) is 8.30. The van der Waals surface area contributed by atoms with Gasteiger partial charge in [-0.3, -0.25) is 4.79 Å². The molecule has 0 bridgehead atoms. The normalized spacial score (nSPS) is 12.1. The van der Waals surface area contributed by atoms with Gasteiger partial charge in [0.1, 0.15) is 6.04 Å². The maximum Gasteiger partial charge on any atom is 0.325 e.